The molecule has 0 aliphatic rings. The van der Waals surface area contributed by atoms with Crippen molar-refractivity contribution in [2.24, 2.45) is 0 Å². The summed E-state index contributed by atoms with van der Waals surface area (Å²) in [7, 11) is 1.67. The molecule has 2 rings (SSSR count). The molecule has 0 fully saturated rings. The number of aromatic nitrogens is 3. The van der Waals surface area contributed by atoms with E-state index in [2.05, 4.69) is 23.3 Å². The van der Waals surface area contributed by atoms with Crippen LogP contribution in [0.3, 0.4) is 0 Å². The van der Waals surface area contributed by atoms with E-state index in [4.69, 9.17) is 4.74 Å². The molecule has 0 spiro atoms. The quantitative estimate of drug-likeness (QED) is 0.785. The van der Waals surface area contributed by atoms with E-state index >= 15 is 0 Å². The van der Waals surface area contributed by atoms with Gasteiger partial charge in [0.25, 0.3) is 0 Å². The first-order valence-electron chi connectivity index (χ1n) is 5.33. The lowest BCUT2D eigenvalue weighted by molar-refractivity contribution is 0.414. The van der Waals surface area contributed by atoms with Gasteiger partial charge in [-0.3, -0.25) is 0 Å². The average molecular weight is 217 g/mol. The van der Waals surface area contributed by atoms with Gasteiger partial charge in [0.15, 0.2) is 0 Å². The topological polar surface area (TPSA) is 39.9 Å². The maximum Gasteiger partial charge on any atom is 0.119 e. The highest BCUT2D eigenvalue weighted by Crippen LogP contribution is 2.13. The SMILES string of the molecule is CCc1cn(Cc2cccc(OC)c2)nn1. The Kier molecular flexibility index (Phi) is 3.19. The van der Waals surface area contributed by atoms with E-state index in [1.807, 2.05) is 29.1 Å². The monoisotopic (exact) mass is 217 g/mol. The van der Waals surface area contributed by atoms with E-state index in [1.165, 1.54) is 0 Å². The van der Waals surface area contributed by atoms with Crippen LogP contribution in [0, 0.1) is 0 Å². The van der Waals surface area contributed by atoms with E-state index in [1.54, 1.807) is 7.11 Å². The van der Waals surface area contributed by atoms with Crippen LogP contribution in [0.4, 0.5) is 0 Å². The molecule has 2 aromatic rings. The fraction of sp³-hybridized carbons (Fsp3) is 0.333. The molecule has 0 N–H and O–H groups in total. The number of aryl methyl sites for hydroxylation is 1. The van der Waals surface area contributed by atoms with Gasteiger partial charge in [-0.2, -0.15) is 0 Å². The van der Waals surface area contributed by atoms with Gasteiger partial charge >= 0.3 is 0 Å². The van der Waals surface area contributed by atoms with E-state index in [0.29, 0.717) is 0 Å². The number of hydrogen-bond donors (Lipinski definition) is 0. The Morgan fingerprint density at radius 1 is 1.38 bits per heavy atom. The first-order valence-corrected chi connectivity index (χ1v) is 5.33. The summed E-state index contributed by atoms with van der Waals surface area (Å²) in [5, 5.41) is 8.12. The summed E-state index contributed by atoms with van der Waals surface area (Å²) in [5.41, 5.74) is 2.18. The molecule has 0 atom stereocenters. The summed E-state index contributed by atoms with van der Waals surface area (Å²) >= 11 is 0. The van der Waals surface area contributed by atoms with Gasteiger partial charge in [0.1, 0.15) is 5.75 Å². The second kappa shape index (κ2) is 4.79. The first-order chi connectivity index (χ1) is 7.81. The van der Waals surface area contributed by atoms with Crippen LogP contribution >= 0.6 is 0 Å². The molecule has 0 radical (unpaired) electrons. The second-order valence-electron chi connectivity index (χ2n) is 3.61. The second-order valence-corrected chi connectivity index (χ2v) is 3.61. The number of nitrogens with zero attached hydrogens (tertiary/aromatic N) is 3. The normalized spacial score (nSPS) is 10.4. The van der Waals surface area contributed by atoms with E-state index in [9.17, 15) is 0 Å². The molecular formula is C12H15N3O. The summed E-state index contributed by atoms with van der Waals surface area (Å²) in [6, 6.07) is 7.97. The summed E-state index contributed by atoms with van der Waals surface area (Å²) in [5.74, 6) is 0.869. The minimum absolute atomic E-state index is 0.726. The lowest BCUT2D eigenvalue weighted by atomic mass is 10.2. The van der Waals surface area contributed by atoms with Gasteiger partial charge < -0.3 is 4.74 Å². The zero-order valence-electron chi connectivity index (χ0n) is 9.55. The summed E-state index contributed by atoms with van der Waals surface area (Å²) in [6.45, 7) is 2.80. The Balaban J connectivity index is 2.13. The maximum atomic E-state index is 5.17. The van der Waals surface area contributed by atoms with Crippen LogP contribution in [0.5, 0.6) is 5.75 Å². The minimum atomic E-state index is 0.726. The van der Waals surface area contributed by atoms with Crippen LogP contribution in [0.15, 0.2) is 30.5 Å². The number of hydrogen-bond acceptors (Lipinski definition) is 3. The highest BCUT2D eigenvalue weighted by Gasteiger charge is 2.00. The van der Waals surface area contributed by atoms with Gasteiger partial charge in [-0.25, -0.2) is 4.68 Å². The molecule has 0 aliphatic heterocycles. The third-order valence-corrected chi connectivity index (χ3v) is 2.43. The molecule has 0 aliphatic carbocycles. The molecule has 84 valence electrons. The Bertz CT molecular complexity index is 465. The van der Waals surface area contributed by atoms with Gasteiger partial charge in [-0.1, -0.05) is 24.3 Å². The van der Waals surface area contributed by atoms with Gasteiger partial charge in [-0.15, -0.1) is 5.10 Å². The molecule has 4 heteroatoms. The van der Waals surface area contributed by atoms with Crippen molar-refractivity contribution >= 4 is 0 Å². The van der Waals surface area contributed by atoms with Gasteiger partial charge in [-0.05, 0) is 24.1 Å². The van der Waals surface area contributed by atoms with E-state index in [-0.39, 0.29) is 0 Å². The number of methoxy groups -OCH3 is 1. The number of rotatable bonds is 4. The van der Waals surface area contributed by atoms with Gasteiger partial charge in [0.2, 0.25) is 0 Å². The van der Waals surface area contributed by atoms with Gasteiger partial charge in [0, 0.05) is 6.20 Å². The molecule has 16 heavy (non-hydrogen) atoms. The van der Waals surface area contributed by atoms with Crippen molar-refractivity contribution < 1.29 is 4.74 Å². The summed E-state index contributed by atoms with van der Waals surface area (Å²) in [4.78, 5) is 0. The Morgan fingerprint density at radius 3 is 2.94 bits per heavy atom. The molecule has 1 aromatic carbocycles. The molecule has 0 saturated heterocycles. The van der Waals surface area contributed by atoms with Crippen molar-refractivity contribution in [1.82, 2.24) is 15.0 Å². The largest absolute Gasteiger partial charge is 0.497 e. The molecule has 0 bridgehead atoms. The predicted octanol–water partition coefficient (Wildman–Crippen LogP) is 1.90. The van der Waals surface area contributed by atoms with E-state index in [0.717, 1.165) is 30.0 Å². The minimum Gasteiger partial charge on any atom is -0.497 e. The van der Waals surface area contributed by atoms with Crippen molar-refractivity contribution in [3.05, 3.63) is 41.7 Å². The Labute approximate surface area is 94.9 Å². The van der Waals surface area contributed by atoms with Crippen LogP contribution < -0.4 is 4.74 Å². The number of benzene rings is 1. The zero-order chi connectivity index (χ0) is 11.4. The van der Waals surface area contributed by atoms with Crippen molar-refractivity contribution in [3.63, 3.8) is 0 Å². The maximum absolute atomic E-state index is 5.17. The summed E-state index contributed by atoms with van der Waals surface area (Å²) in [6.07, 6.45) is 2.89. The Morgan fingerprint density at radius 2 is 2.25 bits per heavy atom. The van der Waals surface area contributed by atoms with Crippen LogP contribution in [-0.4, -0.2) is 22.1 Å². The van der Waals surface area contributed by atoms with E-state index < -0.39 is 0 Å². The van der Waals surface area contributed by atoms with Crippen LogP contribution in [0.1, 0.15) is 18.2 Å². The first kappa shape index (κ1) is 10.7. The van der Waals surface area contributed by atoms with Crippen molar-refractivity contribution in [2.75, 3.05) is 7.11 Å². The molecule has 0 unspecified atom stereocenters. The molecular weight excluding hydrogens is 202 g/mol. The highest BCUT2D eigenvalue weighted by atomic mass is 16.5. The molecule has 0 amide bonds. The predicted molar refractivity (Wildman–Crippen MR) is 61.5 cm³/mol. The molecule has 4 nitrogen and oxygen atoms in total. The van der Waals surface area contributed by atoms with Crippen molar-refractivity contribution in [2.45, 2.75) is 19.9 Å². The summed E-state index contributed by atoms with van der Waals surface area (Å²) < 4.78 is 7.01. The average Bonchev–Trinajstić information content (AvgIpc) is 2.77. The lowest BCUT2D eigenvalue weighted by Crippen LogP contribution is -2.00. The smallest absolute Gasteiger partial charge is 0.119 e. The van der Waals surface area contributed by atoms with Crippen LogP contribution in [0.2, 0.25) is 0 Å². The van der Waals surface area contributed by atoms with Gasteiger partial charge in [0.05, 0.1) is 19.3 Å². The molecule has 1 aromatic heterocycles. The fourth-order valence-electron chi connectivity index (χ4n) is 1.54. The Hall–Kier alpha value is -1.84. The van der Waals surface area contributed by atoms with Crippen molar-refractivity contribution in [3.8, 4) is 5.75 Å². The third-order valence-electron chi connectivity index (χ3n) is 2.43. The highest BCUT2D eigenvalue weighted by molar-refractivity contribution is 5.28. The van der Waals surface area contributed by atoms with Crippen LogP contribution in [0.25, 0.3) is 0 Å². The molecule has 1 heterocycles. The number of ether oxygens (including phenoxy) is 1. The standard InChI is InChI=1S/C12H15N3O/c1-3-11-9-15(14-13-11)8-10-5-4-6-12(7-10)16-2/h4-7,9H,3,8H2,1-2H3. The fourth-order valence-corrected chi connectivity index (χ4v) is 1.54. The van der Waals surface area contributed by atoms with Crippen molar-refractivity contribution in [1.29, 1.82) is 0 Å². The third kappa shape index (κ3) is 2.39. The molecule has 0 saturated carbocycles. The zero-order valence-corrected chi connectivity index (χ0v) is 9.55. The lowest BCUT2D eigenvalue weighted by Gasteiger charge is -2.03. The van der Waals surface area contributed by atoms with Crippen LogP contribution in [-0.2, 0) is 13.0 Å².